The summed E-state index contributed by atoms with van der Waals surface area (Å²) in [6, 6.07) is 0. The van der Waals surface area contributed by atoms with Crippen LogP contribution in [0.5, 0.6) is 0 Å². The Hall–Kier alpha value is -0.860. The molecule has 0 aromatic rings. The molecule has 12 heavy (non-hydrogen) atoms. The molecule has 0 radical (unpaired) electrons. The number of hydrogen-bond donors (Lipinski definition) is 0. The van der Waals surface area contributed by atoms with Crippen molar-refractivity contribution in [2.75, 3.05) is 6.61 Å². The molecule has 0 aromatic heterocycles. The van der Waals surface area contributed by atoms with Gasteiger partial charge in [-0.3, -0.25) is 4.79 Å². The fourth-order valence-electron chi connectivity index (χ4n) is 0.318. The van der Waals surface area contributed by atoms with Gasteiger partial charge in [0.15, 0.2) is 0 Å². The van der Waals surface area contributed by atoms with Crippen molar-refractivity contribution >= 4 is 11.8 Å². The van der Waals surface area contributed by atoms with Crippen molar-refractivity contribution < 1.29 is 14.3 Å². The Bertz CT molecular complexity index is 126. The first-order chi connectivity index (χ1) is 5.54. The normalized spacial score (nSPS) is 8.00. The van der Waals surface area contributed by atoms with Crippen LogP contribution >= 0.6 is 0 Å². The van der Waals surface area contributed by atoms with Crippen molar-refractivity contribution in [2.45, 2.75) is 40.5 Å². The van der Waals surface area contributed by atoms with Gasteiger partial charge in [0.1, 0.15) is 5.78 Å². The van der Waals surface area contributed by atoms with Crippen LogP contribution in [0, 0.1) is 0 Å². The van der Waals surface area contributed by atoms with E-state index in [0.29, 0.717) is 13.0 Å². The van der Waals surface area contributed by atoms with Crippen LogP contribution in [0.3, 0.4) is 0 Å². The minimum Gasteiger partial charge on any atom is -0.466 e. The van der Waals surface area contributed by atoms with Gasteiger partial charge in [0.05, 0.1) is 6.61 Å². The molecule has 0 aliphatic heterocycles. The second-order valence-electron chi connectivity index (χ2n) is 2.48. The highest BCUT2D eigenvalue weighted by atomic mass is 16.5. The van der Waals surface area contributed by atoms with Gasteiger partial charge in [-0.05, 0) is 20.3 Å². The summed E-state index contributed by atoms with van der Waals surface area (Å²) < 4.78 is 4.70. The monoisotopic (exact) mass is 174 g/mol. The SMILES string of the molecule is CC(C)=O.CCCOC(=O)CC. The van der Waals surface area contributed by atoms with Crippen molar-refractivity contribution in [1.29, 1.82) is 0 Å². The molecule has 72 valence electrons. The van der Waals surface area contributed by atoms with Crippen LogP contribution in [0.4, 0.5) is 0 Å². The number of carbonyl (C=O) groups excluding carboxylic acids is 2. The van der Waals surface area contributed by atoms with Crippen molar-refractivity contribution in [3.8, 4) is 0 Å². The molecule has 0 rings (SSSR count). The third-order valence-corrected chi connectivity index (χ3v) is 0.756. The van der Waals surface area contributed by atoms with Crippen LogP contribution in [0.25, 0.3) is 0 Å². The van der Waals surface area contributed by atoms with Gasteiger partial charge in [-0.15, -0.1) is 0 Å². The highest BCUT2D eigenvalue weighted by Gasteiger charge is 1.93. The maximum absolute atomic E-state index is 10.3. The van der Waals surface area contributed by atoms with Crippen LogP contribution < -0.4 is 0 Å². The number of hydrogen-bond acceptors (Lipinski definition) is 3. The molecule has 0 bridgehead atoms. The smallest absolute Gasteiger partial charge is 0.305 e. The largest absolute Gasteiger partial charge is 0.466 e. The molecule has 0 unspecified atom stereocenters. The highest BCUT2D eigenvalue weighted by molar-refractivity contribution is 5.72. The number of Topliss-reactive ketones (excluding diaryl/α,β-unsaturated/α-hetero) is 1. The molecule has 0 saturated carbocycles. The van der Waals surface area contributed by atoms with Gasteiger partial charge in [0.2, 0.25) is 0 Å². The average molecular weight is 174 g/mol. The van der Waals surface area contributed by atoms with Gasteiger partial charge in [-0.25, -0.2) is 0 Å². The zero-order valence-electron chi connectivity index (χ0n) is 8.35. The lowest BCUT2D eigenvalue weighted by Crippen LogP contribution is -2.02. The number of carbonyl (C=O) groups is 2. The van der Waals surface area contributed by atoms with Crippen molar-refractivity contribution in [2.24, 2.45) is 0 Å². The van der Waals surface area contributed by atoms with E-state index >= 15 is 0 Å². The van der Waals surface area contributed by atoms with Crippen LogP contribution in [0.1, 0.15) is 40.5 Å². The molecular weight excluding hydrogens is 156 g/mol. The third-order valence-electron chi connectivity index (χ3n) is 0.756. The molecule has 0 aliphatic rings. The van der Waals surface area contributed by atoms with Crippen molar-refractivity contribution in [3.05, 3.63) is 0 Å². The summed E-state index contributed by atoms with van der Waals surface area (Å²) >= 11 is 0. The van der Waals surface area contributed by atoms with Gasteiger partial charge >= 0.3 is 5.97 Å². The number of esters is 1. The number of ether oxygens (including phenoxy) is 1. The Balaban J connectivity index is 0. The Labute approximate surface area is 74.1 Å². The van der Waals surface area contributed by atoms with Crippen LogP contribution in [-0.2, 0) is 14.3 Å². The Morgan fingerprint density at radius 2 is 1.58 bits per heavy atom. The summed E-state index contributed by atoms with van der Waals surface area (Å²) in [7, 11) is 0. The molecule has 0 saturated heterocycles. The molecule has 0 aliphatic carbocycles. The van der Waals surface area contributed by atoms with E-state index in [4.69, 9.17) is 4.74 Å². The van der Waals surface area contributed by atoms with E-state index in [2.05, 4.69) is 0 Å². The number of rotatable bonds is 3. The second kappa shape index (κ2) is 10.1. The molecule has 0 aromatic carbocycles. The molecular formula is C9H18O3. The minimum absolute atomic E-state index is 0.105. The first-order valence-electron chi connectivity index (χ1n) is 4.17. The quantitative estimate of drug-likeness (QED) is 0.614. The molecule has 0 amide bonds. The van der Waals surface area contributed by atoms with Gasteiger partial charge < -0.3 is 9.53 Å². The lowest BCUT2D eigenvalue weighted by atomic mass is 10.5. The van der Waals surface area contributed by atoms with E-state index in [1.165, 1.54) is 13.8 Å². The summed E-state index contributed by atoms with van der Waals surface area (Å²) in [5.41, 5.74) is 0. The van der Waals surface area contributed by atoms with Crippen molar-refractivity contribution in [1.82, 2.24) is 0 Å². The Morgan fingerprint density at radius 1 is 1.17 bits per heavy atom. The van der Waals surface area contributed by atoms with Gasteiger partial charge in [0, 0.05) is 6.42 Å². The zero-order chi connectivity index (χ0) is 9.98. The average Bonchev–Trinajstić information content (AvgIpc) is 1.99. The molecule has 0 N–H and O–H groups in total. The van der Waals surface area contributed by atoms with Crippen LogP contribution in [-0.4, -0.2) is 18.4 Å². The summed E-state index contributed by atoms with van der Waals surface area (Å²) in [4.78, 5) is 19.8. The number of ketones is 1. The van der Waals surface area contributed by atoms with Crippen LogP contribution in [0.2, 0.25) is 0 Å². The van der Waals surface area contributed by atoms with E-state index in [9.17, 15) is 9.59 Å². The summed E-state index contributed by atoms with van der Waals surface area (Å²) in [5.74, 6) is 0.0619. The predicted octanol–water partition coefficient (Wildman–Crippen LogP) is 1.94. The molecule has 0 spiro atoms. The fourth-order valence-corrected chi connectivity index (χ4v) is 0.318. The van der Waals surface area contributed by atoms with E-state index in [0.717, 1.165) is 6.42 Å². The highest BCUT2D eigenvalue weighted by Crippen LogP contribution is 1.85. The molecule has 0 fully saturated rings. The first-order valence-corrected chi connectivity index (χ1v) is 4.17. The van der Waals surface area contributed by atoms with E-state index in [1.807, 2.05) is 6.92 Å². The predicted molar refractivity (Wildman–Crippen MR) is 47.9 cm³/mol. The standard InChI is InChI=1S/C6H12O2.C3H6O/c1-3-5-8-6(7)4-2;1-3(2)4/h3-5H2,1-2H3;1-2H3. The van der Waals surface area contributed by atoms with Gasteiger partial charge in [-0.1, -0.05) is 13.8 Å². The van der Waals surface area contributed by atoms with Gasteiger partial charge in [0.25, 0.3) is 0 Å². The van der Waals surface area contributed by atoms with Crippen molar-refractivity contribution in [3.63, 3.8) is 0 Å². The molecule has 3 heteroatoms. The first kappa shape index (κ1) is 13.7. The van der Waals surface area contributed by atoms with Crippen LogP contribution in [0.15, 0.2) is 0 Å². The Kier molecular flexibility index (Phi) is 11.6. The maximum atomic E-state index is 10.3. The summed E-state index contributed by atoms with van der Waals surface area (Å²) in [6.07, 6.45) is 1.39. The van der Waals surface area contributed by atoms with E-state index < -0.39 is 0 Å². The zero-order valence-corrected chi connectivity index (χ0v) is 8.35. The Morgan fingerprint density at radius 3 is 1.83 bits per heavy atom. The van der Waals surface area contributed by atoms with Gasteiger partial charge in [-0.2, -0.15) is 0 Å². The topological polar surface area (TPSA) is 43.4 Å². The summed E-state index contributed by atoms with van der Waals surface area (Å²) in [6.45, 7) is 7.38. The fraction of sp³-hybridized carbons (Fsp3) is 0.778. The maximum Gasteiger partial charge on any atom is 0.305 e. The second-order valence-corrected chi connectivity index (χ2v) is 2.48. The molecule has 3 nitrogen and oxygen atoms in total. The van der Waals surface area contributed by atoms with E-state index in [-0.39, 0.29) is 11.8 Å². The third kappa shape index (κ3) is 22.9. The lowest BCUT2D eigenvalue weighted by molar-refractivity contribution is -0.143. The van der Waals surface area contributed by atoms with E-state index in [1.54, 1.807) is 6.92 Å². The molecule has 0 heterocycles. The summed E-state index contributed by atoms with van der Waals surface area (Å²) in [5, 5.41) is 0. The molecule has 0 atom stereocenters. The lowest BCUT2D eigenvalue weighted by Gasteiger charge is -1.97. The minimum atomic E-state index is -0.105.